The van der Waals surface area contributed by atoms with Crippen molar-refractivity contribution in [3.8, 4) is 16.9 Å². The molecule has 0 atom stereocenters. The summed E-state index contributed by atoms with van der Waals surface area (Å²) in [5.41, 5.74) is 3.52. The Hall–Kier alpha value is -2.21. The lowest BCUT2D eigenvalue weighted by molar-refractivity contribution is 0.0734. The summed E-state index contributed by atoms with van der Waals surface area (Å²) in [4.78, 5) is 16.2. The molecule has 0 saturated heterocycles. The van der Waals surface area contributed by atoms with E-state index in [-0.39, 0.29) is 0 Å². The van der Waals surface area contributed by atoms with Crippen molar-refractivity contribution in [1.29, 1.82) is 0 Å². The average molecular weight is 415 g/mol. The van der Waals surface area contributed by atoms with Crippen LogP contribution in [0.5, 0.6) is 5.75 Å². The van der Waals surface area contributed by atoms with Gasteiger partial charge in [0.25, 0.3) is 0 Å². The largest absolute Gasteiger partial charge is 0.423 e. The molecule has 1 aromatic heterocycles. The molecule has 0 aliphatic rings. The Morgan fingerprint density at radius 2 is 1.52 bits per heavy atom. The minimum Gasteiger partial charge on any atom is -0.423 e. The van der Waals surface area contributed by atoms with E-state index in [1.165, 1.54) is 9.77 Å². The van der Waals surface area contributed by atoms with Crippen LogP contribution in [0.2, 0.25) is 0 Å². The van der Waals surface area contributed by atoms with Gasteiger partial charge in [-0.1, -0.05) is 24.3 Å². The Labute approximate surface area is 148 Å². The van der Waals surface area contributed by atoms with E-state index in [1.54, 1.807) is 24.3 Å². The molecule has 0 saturated carbocycles. The lowest BCUT2D eigenvalue weighted by atomic mass is 10.1. The van der Waals surface area contributed by atoms with Crippen molar-refractivity contribution >= 4 is 28.6 Å². The third kappa shape index (κ3) is 3.96. The summed E-state index contributed by atoms with van der Waals surface area (Å²) in [6.07, 6.45) is 1.53. The molecule has 0 bridgehead atoms. The SMILES string of the molecule is Cc1ccc(C(=O)Oc2ccc(-c3ccc(I)cc3)cc2)cn1. The van der Waals surface area contributed by atoms with E-state index in [4.69, 9.17) is 4.74 Å². The smallest absolute Gasteiger partial charge is 0.345 e. The molecule has 3 aromatic rings. The molecular weight excluding hydrogens is 401 g/mol. The fourth-order valence-corrected chi connectivity index (χ4v) is 2.47. The first-order valence-corrected chi connectivity index (χ1v) is 8.20. The molecule has 114 valence electrons. The molecule has 0 spiro atoms. The Morgan fingerprint density at radius 3 is 2.09 bits per heavy atom. The van der Waals surface area contributed by atoms with Crippen LogP contribution in [0.1, 0.15) is 16.1 Å². The van der Waals surface area contributed by atoms with Crippen molar-refractivity contribution in [2.75, 3.05) is 0 Å². The summed E-state index contributed by atoms with van der Waals surface area (Å²) < 4.78 is 6.57. The van der Waals surface area contributed by atoms with Gasteiger partial charge in [0.15, 0.2) is 0 Å². The maximum Gasteiger partial charge on any atom is 0.345 e. The third-order valence-electron chi connectivity index (χ3n) is 3.39. The molecule has 0 aliphatic carbocycles. The van der Waals surface area contributed by atoms with Crippen LogP contribution in [0.3, 0.4) is 0 Å². The Bertz CT molecular complexity index is 809. The van der Waals surface area contributed by atoms with Crippen molar-refractivity contribution in [3.05, 3.63) is 81.7 Å². The molecule has 0 aliphatic heterocycles. The molecule has 3 nitrogen and oxygen atoms in total. The van der Waals surface area contributed by atoms with Crippen molar-refractivity contribution < 1.29 is 9.53 Å². The second kappa shape index (κ2) is 6.91. The fourth-order valence-electron chi connectivity index (χ4n) is 2.11. The normalized spacial score (nSPS) is 10.3. The summed E-state index contributed by atoms with van der Waals surface area (Å²) in [5, 5.41) is 0. The van der Waals surface area contributed by atoms with Crippen LogP contribution in [-0.2, 0) is 0 Å². The number of hydrogen-bond acceptors (Lipinski definition) is 3. The van der Waals surface area contributed by atoms with Gasteiger partial charge in [-0.2, -0.15) is 0 Å². The second-order valence-corrected chi connectivity index (χ2v) is 6.35. The molecule has 0 radical (unpaired) electrons. The number of hydrogen-bond donors (Lipinski definition) is 0. The second-order valence-electron chi connectivity index (χ2n) is 5.11. The quantitative estimate of drug-likeness (QED) is 0.348. The highest BCUT2D eigenvalue weighted by molar-refractivity contribution is 14.1. The van der Waals surface area contributed by atoms with Gasteiger partial charge in [-0.15, -0.1) is 0 Å². The number of pyridine rings is 1. The van der Waals surface area contributed by atoms with E-state index in [0.29, 0.717) is 11.3 Å². The molecule has 2 aromatic carbocycles. The first kappa shape index (κ1) is 15.7. The van der Waals surface area contributed by atoms with E-state index < -0.39 is 5.97 Å². The van der Waals surface area contributed by atoms with E-state index >= 15 is 0 Å². The zero-order valence-corrected chi connectivity index (χ0v) is 14.7. The predicted octanol–water partition coefficient (Wildman–Crippen LogP) is 4.88. The number of nitrogens with zero attached hydrogens (tertiary/aromatic N) is 1. The third-order valence-corrected chi connectivity index (χ3v) is 4.11. The van der Waals surface area contributed by atoms with Crippen LogP contribution in [-0.4, -0.2) is 11.0 Å². The summed E-state index contributed by atoms with van der Waals surface area (Å²) in [6, 6.07) is 19.3. The zero-order valence-electron chi connectivity index (χ0n) is 12.5. The van der Waals surface area contributed by atoms with E-state index in [9.17, 15) is 4.79 Å². The predicted molar refractivity (Wildman–Crippen MR) is 98.5 cm³/mol. The van der Waals surface area contributed by atoms with Crippen molar-refractivity contribution in [1.82, 2.24) is 4.98 Å². The Kier molecular flexibility index (Phi) is 4.71. The number of ether oxygens (including phenoxy) is 1. The van der Waals surface area contributed by atoms with Crippen LogP contribution >= 0.6 is 22.6 Å². The Morgan fingerprint density at radius 1 is 0.913 bits per heavy atom. The molecule has 0 amide bonds. The monoisotopic (exact) mass is 415 g/mol. The van der Waals surface area contributed by atoms with Gasteiger partial charge >= 0.3 is 5.97 Å². The van der Waals surface area contributed by atoms with E-state index in [0.717, 1.165) is 16.8 Å². The molecule has 3 rings (SSSR count). The summed E-state index contributed by atoms with van der Waals surface area (Å²) in [5.74, 6) is 0.115. The number of benzene rings is 2. The highest BCUT2D eigenvalue weighted by Gasteiger charge is 2.09. The number of aryl methyl sites for hydroxylation is 1. The van der Waals surface area contributed by atoms with Crippen LogP contribution in [0.25, 0.3) is 11.1 Å². The number of carbonyl (C=O) groups is 1. The van der Waals surface area contributed by atoms with Gasteiger partial charge in [0, 0.05) is 15.5 Å². The Balaban J connectivity index is 1.73. The van der Waals surface area contributed by atoms with Crippen LogP contribution in [0, 0.1) is 10.5 Å². The molecule has 0 fully saturated rings. The van der Waals surface area contributed by atoms with Gasteiger partial charge in [-0.3, -0.25) is 4.98 Å². The van der Waals surface area contributed by atoms with Crippen LogP contribution in [0.15, 0.2) is 66.9 Å². The van der Waals surface area contributed by atoms with Crippen LogP contribution < -0.4 is 4.74 Å². The molecule has 1 heterocycles. The number of esters is 1. The average Bonchev–Trinajstić information content (AvgIpc) is 2.57. The zero-order chi connectivity index (χ0) is 16.2. The standard InChI is InChI=1S/C19H14INO2/c1-13-2-3-16(12-21-13)19(22)23-18-10-6-15(7-11-18)14-4-8-17(20)9-5-14/h2-12H,1H3. The number of carbonyl (C=O) groups excluding carboxylic acids is 1. The van der Waals surface area contributed by atoms with Crippen LogP contribution in [0.4, 0.5) is 0 Å². The van der Waals surface area contributed by atoms with Gasteiger partial charge < -0.3 is 4.74 Å². The minimum atomic E-state index is -0.403. The topological polar surface area (TPSA) is 39.2 Å². The van der Waals surface area contributed by atoms with E-state index in [1.807, 2.05) is 19.1 Å². The van der Waals surface area contributed by atoms with Gasteiger partial charge in [-0.25, -0.2) is 4.79 Å². The van der Waals surface area contributed by atoms with Gasteiger partial charge in [0.2, 0.25) is 0 Å². The van der Waals surface area contributed by atoms with Gasteiger partial charge in [0.05, 0.1) is 5.56 Å². The maximum atomic E-state index is 12.1. The van der Waals surface area contributed by atoms with Crippen molar-refractivity contribution in [3.63, 3.8) is 0 Å². The first-order valence-electron chi connectivity index (χ1n) is 7.13. The minimum absolute atomic E-state index is 0.403. The van der Waals surface area contributed by atoms with Gasteiger partial charge in [-0.05, 0) is 77.0 Å². The molecule has 0 N–H and O–H groups in total. The highest BCUT2D eigenvalue weighted by atomic mass is 127. The van der Waals surface area contributed by atoms with Crippen molar-refractivity contribution in [2.24, 2.45) is 0 Å². The number of halogens is 1. The summed E-state index contributed by atoms with van der Waals surface area (Å²) >= 11 is 2.28. The number of aromatic nitrogens is 1. The van der Waals surface area contributed by atoms with Crippen molar-refractivity contribution in [2.45, 2.75) is 6.92 Å². The highest BCUT2D eigenvalue weighted by Crippen LogP contribution is 2.23. The maximum absolute atomic E-state index is 12.1. The first-order chi connectivity index (χ1) is 11.1. The molecular formula is C19H14INO2. The van der Waals surface area contributed by atoms with Gasteiger partial charge in [0.1, 0.15) is 5.75 Å². The molecule has 23 heavy (non-hydrogen) atoms. The lowest BCUT2D eigenvalue weighted by Gasteiger charge is -2.06. The fraction of sp³-hybridized carbons (Fsp3) is 0.0526. The summed E-state index contributed by atoms with van der Waals surface area (Å²) in [6.45, 7) is 1.87. The summed E-state index contributed by atoms with van der Waals surface area (Å²) in [7, 11) is 0. The van der Waals surface area contributed by atoms with E-state index in [2.05, 4.69) is 51.8 Å². The lowest BCUT2D eigenvalue weighted by Crippen LogP contribution is -2.08. The number of rotatable bonds is 3. The molecule has 0 unspecified atom stereocenters. The molecule has 4 heteroatoms.